The molecule has 1 aliphatic heterocycles. The van der Waals surface area contributed by atoms with Gasteiger partial charge in [0.25, 0.3) is 5.91 Å². The number of methoxy groups -OCH3 is 1. The van der Waals surface area contributed by atoms with E-state index in [1.165, 1.54) is 4.90 Å². The quantitative estimate of drug-likeness (QED) is 0.749. The maximum atomic E-state index is 12.0. The zero-order valence-electron chi connectivity index (χ0n) is 14.6. The van der Waals surface area contributed by atoms with Crippen LogP contribution in [-0.4, -0.2) is 44.3 Å². The summed E-state index contributed by atoms with van der Waals surface area (Å²) in [7, 11) is 5.05. The predicted octanol–water partition coefficient (Wildman–Crippen LogP) is 4.14. The SMILES string of the molecule is COc1c(C(C)Cl)cc(Cl)c(C)c1C1C=CC(C(=O)N(C)C)=NC1. The summed E-state index contributed by atoms with van der Waals surface area (Å²) in [5.41, 5.74) is 3.24. The molecule has 2 unspecified atom stereocenters. The van der Waals surface area contributed by atoms with E-state index < -0.39 is 0 Å². The lowest BCUT2D eigenvalue weighted by atomic mass is 9.89. The van der Waals surface area contributed by atoms with Crippen molar-refractivity contribution in [3.8, 4) is 5.75 Å². The van der Waals surface area contributed by atoms with Crippen LogP contribution in [-0.2, 0) is 4.79 Å². The highest BCUT2D eigenvalue weighted by atomic mass is 35.5. The topological polar surface area (TPSA) is 41.9 Å². The summed E-state index contributed by atoms with van der Waals surface area (Å²) >= 11 is 12.7. The first-order chi connectivity index (χ1) is 11.3. The van der Waals surface area contributed by atoms with E-state index in [1.807, 2.05) is 26.0 Å². The summed E-state index contributed by atoms with van der Waals surface area (Å²) in [6.07, 6.45) is 3.74. The number of dihydropyridines is 1. The smallest absolute Gasteiger partial charge is 0.271 e. The fraction of sp³-hybridized carbons (Fsp3) is 0.444. The summed E-state index contributed by atoms with van der Waals surface area (Å²) in [5.74, 6) is 0.632. The number of ether oxygens (including phenoxy) is 1. The van der Waals surface area contributed by atoms with Crippen molar-refractivity contribution in [1.82, 2.24) is 4.90 Å². The number of rotatable bonds is 4. The Kier molecular flexibility index (Phi) is 5.94. The molecule has 0 fully saturated rings. The minimum Gasteiger partial charge on any atom is -0.496 e. The third kappa shape index (κ3) is 3.60. The number of amides is 1. The van der Waals surface area contributed by atoms with E-state index in [4.69, 9.17) is 27.9 Å². The minimum absolute atomic E-state index is 0.00784. The fourth-order valence-electron chi connectivity index (χ4n) is 2.81. The Labute approximate surface area is 153 Å². The van der Waals surface area contributed by atoms with Crippen LogP contribution < -0.4 is 4.74 Å². The number of carbonyl (C=O) groups is 1. The molecule has 1 aliphatic rings. The molecule has 0 radical (unpaired) electrons. The molecular weight excluding hydrogens is 347 g/mol. The molecule has 0 saturated carbocycles. The van der Waals surface area contributed by atoms with E-state index in [0.29, 0.717) is 17.3 Å². The molecule has 0 aliphatic carbocycles. The molecule has 1 aromatic rings. The van der Waals surface area contributed by atoms with Crippen LogP contribution >= 0.6 is 23.2 Å². The van der Waals surface area contributed by atoms with Crippen LogP contribution in [0.15, 0.2) is 23.2 Å². The second-order valence-electron chi connectivity index (χ2n) is 6.03. The second-order valence-corrected chi connectivity index (χ2v) is 7.09. The van der Waals surface area contributed by atoms with Gasteiger partial charge in [0.2, 0.25) is 0 Å². The first-order valence-corrected chi connectivity index (χ1v) is 8.54. The van der Waals surface area contributed by atoms with Crippen LogP contribution in [0, 0.1) is 6.92 Å². The molecule has 0 bridgehead atoms. The van der Waals surface area contributed by atoms with Crippen molar-refractivity contribution in [3.05, 3.63) is 39.9 Å². The van der Waals surface area contributed by atoms with Crippen molar-refractivity contribution >= 4 is 34.8 Å². The fourth-order valence-corrected chi connectivity index (χ4v) is 3.19. The number of nitrogens with zero attached hydrogens (tertiary/aromatic N) is 2. The van der Waals surface area contributed by atoms with Crippen LogP contribution in [0.5, 0.6) is 5.75 Å². The van der Waals surface area contributed by atoms with Crippen molar-refractivity contribution in [2.75, 3.05) is 27.7 Å². The molecule has 24 heavy (non-hydrogen) atoms. The van der Waals surface area contributed by atoms with Crippen LogP contribution in [0.3, 0.4) is 0 Å². The molecule has 1 amide bonds. The molecule has 0 N–H and O–H groups in total. The Balaban J connectivity index is 2.44. The van der Waals surface area contributed by atoms with Crippen LogP contribution in [0.4, 0.5) is 0 Å². The van der Waals surface area contributed by atoms with Crippen LogP contribution in [0.25, 0.3) is 0 Å². The summed E-state index contributed by atoms with van der Waals surface area (Å²) < 4.78 is 5.64. The molecule has 1 heterocycles. The Hall–Kier alpha value is -1.52. The zero-order chi connectivity index (χ0) is 18.0. The van der Waals surface area contributed by atoms with Crippen molar-refractivity contribution in [3.63, 3.8) is 0 Å². The Morgan fingerprint density at radius 3 is 2.58 bits per heavy atom. The lowest BCUT2D eigenvalue weighted by Crippen LogP contribution is -2.30. The van der Waals surface area contributed by atoms with Crippen molar-refractivity contribution in [2.24, 2.45) is 4.99 Å². The van der Waals surface area contributed by atoms with Gasteiger partial charge in [0.1, 0.15) is 11.5 Å². The Bertz CT molecular complexity index is 709. The number of carbonyl (C=O) groups excluding carboxylic acids is 1. The molecule has 130 valence electrons. The average Bonchev–Trinajstić information content (AvgIpc) is 2.55. The number of hydrogen-bond donors (Lipinski definition) is 0. The first kappa shape index (κ1) is 18.8. The summed E-state index contributed by atoms with van der Waals surface area (Å²) in [5, 5.41) is 0.430. The summed E-state index contributed by atoms with van der Waals surface area (Å²) in [6, 6.07) is 1.85. The van der Waals surface area contributed by atoms with E-state index in [0.717, 1.165) is 22.4 Å². The average molecular weight is 369 g/mol. The van der Waals surface area contributed by atoms with Crippen molar-refractivity contribution in [1.29, 1.82) is 0 Å². The maximum Gasteiger partial charge on any atom is 0.271 e. The third-order valence-electron chi connectivity index (χ3n) is 4.12. The summed E-state index contributed by atoms with van der Waals surface area (Å²) in [4.78, 5) is 18.0. The van der Waals surface area contributed by atoms with Gasteiger partial charge >= 0.3 is 0 Å². The largest absolute Gasteiger partial charge is 0.496 e. The maximum absolute atomic E-state index is 12.0. The highest BCUT2D eigenvalue weighted by Crippen LogP contribution is 2.42. The van der Waals surface area contributed by atoms with Gasteiger partial charge in [-0.1, -0.05) is 17.7 Å². The monoisotopic (exact) mass is 368 g/mol. The molecule has 2 rings (SSSR count). The molecule has 6 heteroatoms. The van der Waals surface area contributed by atoms with Gasteiger partial charge in [0, 0.05) is 36.2 Å². The van der Waals surface area contributed by atoms with Crippen molar-refractivity contribution < 1.29 is 9.53 Å². The van der Waals surface area contributed by atoms with Gasteiger partial charge in [0.15, 0.2) is 0 Å². The van der Waals surface area contributed by atoms with Gasteiger partial charge in [-0.15, -0.1) is 11.6 Å². The van der Waals surface area contributed by atoms with Gasteiger partial charge in [-0.3, -0.25) is 9.79 Å². The first-order valence-electron chi connectivity index (χ1n) is 7.73. The lowest BCUT2D eigenvalue weighted by Gasteiger charge is -2.24. The molecule has 0 aromatic heterocycles. The third-order valence-corrected chi connectivity index (χ3v) is 4.75. The minimum atomic E-state index is -0.223. The molecule has 2 atom stereocenters. The standard InChI is InChI=1S/C18H22Cl2N2O2/c1-10-14(20)8-13(11(2)19)17(24-5)16(10)12-6-7-15(21-9-12)18(23)22(3)4/h6-8,11-12H,9H2,1-5H3. The predicted molar refractivity (Wildman–Crippen MR) is 99.9 cm³/mol. The van der Waals surface area contributed by atoms with E-state index in [2.05, 4.69) is 4.99 Å². The van der Waals surface area contributed by atoms with Crippen LogP contribution in [0.1, 0.15) is 34.9 Å². The lowest BCUT2D eigenvalue weighted by molar-refractivity contribution is -0.121. The van der Waals surface area contributed by atoms with Gasteiger partial charge in [0.05, 0.1) is 19.0 Å². The Morgan fingerprint density at radius 1 is 1.46 bits per heavy atom. The van der Waals surface area contributed by atoms with E-state index in [-0.39, 0.29) is 17.2 Å². The molecule has 0 saturated heterocycles. The molecule has 1 aromatic carbocycles. The van der Waals surface area contributed by atoms with E-state index in [1.54, 1.807) is 27.3 Å². The number of aliphatic imine (C=N–C) groups is 1. The molecule has 4 nitrogen and oxygen atoms in total. The zero-order valence-corrected chi connectivity index (χ0v) is 16.1. The number of halogens is 2. The van der Waals surface area contributed by atoms with Gasteiger partial charge in [-0.2, -0.15) is 0 Å². The van der Waals surface area contributed by atoms with E-state index in [9.17, 15) is 4.79 Å². The highest BCUT2D eigenvalue weighted by molar-refractivity contribution is 6.43. The molecular formula is C18H22Cl2N2O2. The number of hydrogen-bond acceptors (Lipinski definition) is 3. The Morgan fingerprint density at radius 2 is 2.12 bits per heavy atom. The van der Waals surface area contributed by atoms with E-state index >= 15 is 0 Å². The van der Waals surface area contributed by atoms with Crippen LogP contribution in [0.2, 0.25) is 5.02 Å². The highest BCUT2D eigenvalue weighted by Gasteiger charge is 2.25. The van der Waals surface area contributed by atoms with Gasteiger partial charge in [-0.25, -0.2) is 0 Å². The second kappa shape index (κ2) is 7.58. The normalized spacial score (nSPS) is 18.1. The van der Waals surface area contributed by atoms with Gasteiger partial charge in [-0.05, 0) is 31.6 Å². The van der Waals surface area contributed by atoms with Gasteiger partial charge < -0.3 is 9.64 Å². The van der Waals surface area contributed by atoms with Crippen molar-refractivity contribution in [2.45, 2.75) is 25.1 Å². The number of alkyl halides is 1. The molecule has 0 spiro atoms. The number of benzene rings is 1. The summed E-state index contributed by atoms with van der Waals surface area (Å²) in [6.45, 7) is 4.32.